The van der Waals surface area contributed by atoms with Crippen LogP contribution < -0.4 is 10.5 Å². The molecule has 3 N–H and O–H groups in total. The van der Waals surface area contributed by atoms with Crippen LogP contribution in [0.15, 0.2) is 59.3 Å². The zero-order valence-electron chi connectivity index (χ0n) is 14.1. The molecule has 0 spiro atoms. The van der Waals surface area contributed by atoms with Crippen LogP contribution in [-0.4, -0.2) is 37.0 Å². The number of nitrogens with one attached hydrogen (secondary N) is 1. The molecule has 0 aliphatic rings. The van der Waals surface area contributed by atoms with Gasteiger partial charge in [-0.05, 0) is 36.9 Å². The van der Waals surface area contributed by atoms with Crippen LogP contribution in [0.3, 0.4) is 0 Å². The topological polar surface area (TPSA) is 103 Å². The van der Waals surface area contributed by atoms with Gasteiger partial charge < -0.3 is 5.73 Å². The zero-order valence-corrected chi connectivity index (χ0v) is 14.9. The van der Waals surface area contributed by atoms with Gasteiger partial charge in [0, 0.05) is 12.1 Å². The van der Waals surface area contributed by atoms with Crippen LogP contribution in [0.5, 0.6) is 0 Å². The van der Waals surface area contributed by atoms with Crippen molar-refractivity contribution in [2.24, 2.45) is 5.73 Å². The number of sulfonamides is 1. The highest BCUT2D eigenvalue weighted by Gasteiger charge is 2.15. The predicted molar refractivity (Wildman–Crippen MR) is 97.5 cm³/mol. The number of allylic oxidation sites excluding steroid dienone is 1. The van der Waals surface area contributed by atoms with Crippen LogP contribution in [0.1, 0.15) is 0 Å². The first-order valence-corrected chi connectivity index (χ1v) is 9.35. The van der Waals surface area contributed by atoms with Gasteiger partial charge in [-0.2, -0.15) is 0 Å². The Morgan fingerprint density at radius 2 is 2.08 bits per heavy atom. The molecule has 0 fully saturated rings. The highest BCUT2D eigenvalue weighted by molar-refractivity contribution is 7.89. The monoisotopic (exact) mass is 375 g/mol. The maximum atomic E-state index is 13.8. The Morgan fingerprint density at radius 3 is 2.81 bits per heavy atom. The highest BCUT2D eigenvalue weighted by atomic mass is 32.2. The van der Waals surface area contributed by atoms with Crippen molar-refractivity contribution in [2.75, 3.05) is 13.6 Å². The first-order chi connectivity index (χ1) is 12.5. The quantitative estimate of drug-likeness (QED) is 0.684. The average Bonchev–Trinajstić information content (AvgIpc) is 3.05. The van der Waals surface area contributed by atoms with Crippen LogP contribution in [-0.2, 0) is 16.6 Å². The van der Waals surface area contributed by atoms with E-state index in [0.29, 0.717) is 22.2 Å². The Hall–Kier alpha value is -2.62. The minimum absolute atomic E-state index is 0.0642. The number of fused-ring (bicyclic) bond motifs is 1. The molecule has 1 aromatic heterocycles. The Bertz CT molecular complexity index is 1080. The molecule has 1 heterocycles. The van der Waals surface area contributed by atoms with Gasteiger partial charge in [0.25, 0.3) is 0 Å². The Labute approximate surface area is 150 Å². The van der Waals surface area contributed by atoms with Crippen molar-refractivity contribution < 1.29 is 12.8 Å². The molecule has 0 atom stereocenters. The van der Waals surface area contributed by atoms with Gasteiger partial charge in [0.2, 0.25) is 10.0 Å². The smallest absolute Gasteiger partial charge is 0.240 e. The third-order valence-electron chi connectivity index (χ3n) is 3.91. The van der Waals surface area contributed by atoms with E-state index in [-0.39, 0.29) is 18.0 Å². The van der Waals surface area contributed by atoms with E-state index in [4.69, 9.17) is 5.73 Å². The van der Waals surface area contributed by atoms with E-state index in [0.717, 1.165) is 0 Å². The normalized spacial score (nSPS) is 12.7. The molecule has 0 saturated heterocycles. The van der Waals surface area contributed by atoms with Gasteiger partial charge in [-0.3, -0.25) is 0 Å². The third-order valence-corrected chi connectivity index (χ3v) is 5.32. The van der Waals surface area contributed by atoms with E-state index in [1.165, 1.54) is 23.9 Å². The van der Waals surface area contributed by atoms with Crippen LogP contribution in [0.4, 0.5) is 4.39 Å². The summed E-state index contributed by atoms with van der Waals surface area (Å²) in [7, 11) is -2.20. The number of aromatic nitrogens is 3. The molecule has 136 valence electrons. The summed E-state index contributed by atoms with van der Waals surface area (Å²) in [5.74, 6) is -0.396. The van der Waals surface area contributed by atoms with Crippen molar-refractivity contribution in [1.29, 1.82) is 0 Å². The van der Waals surface area contributed by atoms with E-state index in [2.05, 4.69) is 15.0 Å². The van der Waals surface area contributed by atoms with E-state index in [1.54, 1.807) is 30.3 Å². The standard InChI is InChI=1S/C17H18FN5O2S/c1-20-26(24,25)14-5-2-4-12(10-14)15-6-3-7-16-17(15)21-22-23(16)11-13(18)8-9-19/h2-8,10,20H,9,11,19H2,1H3/b13-8-. The van der Waals surface area contributed by atoms with E-state index >= 15 is 0 Å². The van der Waals surface area contributed by atoms with E-state index in [9.17, 15) is 12.8 Å². The van der Waals surface area contributed by atoms with Crippen molar-refractivity contribution in [1.82, 2.24) is 19.7 Å². The van der Waals surface area contributed by atoms with Gasteiger partial charge in [-0.1, -0.05) is 29.5 Å². The first-order valence-electron chi connectivity index (χ1n) is 7.87. The molecule has 0 amide bonds. The molecule has 0 unspecified atom stereocenters. The molecule has 7 nitrogen and oxygen atoms in total. The molecule has 0 aliphatic carbocycles. The van der Waals surface area contributed by atoms with Gasteiger partial charge in [-0.15, -0.1) is 5.10 Å². The number of nitrogens with two attached hydrogens (primary N) is 1. The molecule has 0 saturated carbocycles. The molecule has 26 heavy (non-hydrogen) atoms. The molecular formula is C17H18FN5O2S. The van der Waals surface area contributed by atoms with Crippen molar-refractivity contribution in [3.8, 4) is 11.1 Å². The summed E-state index contributed by atoms with van der Waals surface area (Å²) in [5.41, 5.74) is 7.91. The van der Waals surface area contributed by atoms with Gasteiger partial charge in [0.15, 0.2) is 0 Å². The number of hydrogen-bond donors (Lipinski definition) is 2. The summed E-state index contributed by atoms with van der Waals surface area (Å²) in [5, 5.41) is 8.15. The summed E-state index contributed by atoms with van der Waals surface area (Å²) in [6.07, 6.45) is 1.28. The maximum absolute atomic E-state index is 13.8. The number of halogens is 1. The maximum Gasteiger partial charge on any atom is 0.240 e. The van der Waals surface area contributed by atoms with Gasteiger partial charge >= 0.3 is 0 Å². The molecule has 3 aromatic rings. The Morgan fingerprint density at radius 1 is 1.31 bits per heavy atom. The second-order valence-electron chi connectivity index (χ2n) is 5.54. The summed E-state index contributed by atoms with van der Waals surface area (Å²) in [6.45, 7) is 0.0434. The fraction of sp³-hybridized carbons (Fsp3) is 0.176. The molecule has 0 bridgehead atoms. The summed E-state index contributed by atoms with van der Waals surface area (Å²) in [4.78, 5) is 0.152. The van der Waals surface area contributed by atoms with Crippen molar-refractivity contribution in [3.05, 3.63) is 54.4 Å². The highest BCUT2D eigenvalue weighted by Crippen LogP contribution is 2.28. The minimum atomic E-state index is -3.56. The first kappa shape index (κ1) is 18.2. The molecule has 0 aliphatic heterocycles. The van der Waals surface area contributed by atoms with Gasteiger partial charge in [0.1, 0.15) is 11.3 Å². The molecule has 0 radical (unpaired) electrons. The summed E-state index contributed by atoms with van der Waals surface area (Å²) < 4.78 is 41.6. The number of nitrogens with zero attached hydrogens (tertiary/aromatic N) is 3. The lowest BCUT2D eigenvalue weighted by molar-refractivity contribution is 0.524. The fourth-order valence-electron chi connectivity index (χ4n) is 2.63. The Balaban J connectivity index is 2.09. The predicted octanol–water partition coefficient (Wildman–Crippen LogP) is 1.82. The fourth-order valence-corrected chi connectivity index (χ4v) is 3.40. The molecule has 2 aromatic carbocycles. The van der Waals surface area contributed by atoms with Crippen LogP contribution in [0.2, 0.25) is 0 Å². The van der Waals surface area contributed by atoms with Crippen molar-refractivity contribution >= 4 is 21.1 Å². The summed E-state index contributed by atoms with van der Waals surface area (Å²) >= 11 is 0. The van der Waals surface area contributed by atoms with Crippen LogP contribution in [0.25, 0.3) is 22.2 Å². The van der Waals surface area contributed by atoms with Gasteiger partial charge in [-0.25, -0.2) is 22.2 Å². The third kappa shape index (κ3) is 3.50. The lowest BCUT2D eigenvalue weighted by atomic mass is 10.0. The van der Waals surface area contributed by atoms with Gasteiger partial charge in [0.05, 0.1) is 17.0 Å². The van der Waals surface area contributed by atoms with Crippen molar-refractivity contribution in [2.45, 2.75) is 11.4 Å². The SMILES string of the molecule is CNS(=O)(=O)c1cccc(-c2cccc3c2nnn3C/C(F)=C/CN)c1. The molecule has 3 rings (SSSR count). The van der Waals surface area contributed by atoms with Crippen LogP contribution >= 0.6 is 0 Å². The number of hydrogen-bond acceptors (Lipinski definition) is 5. The Kier molecular flexibility index (Phi) is 5.12. The van der Waals surface area contributed by atoms with Crippen molar-refractivity contribution in [3.63, 3.8) is 0 Å². The second kappa shape index (κ2) is 7.32. The van der Waals surface area contributed by atoms with E-state index < -0.39 is 15.9 Å². The average molecular weight is 375 g/mol. The minimum Gasteiger partial charge on any atom is -0.327 e. The zero-order chi connectivity index (χ0) is 18.7. The van der Waals surface area contributed by atoms with E-state index in [1.807, 2.05) is 6.07 Å². The molecule has 9 heteroatoms. The largest absolute Gasteiger partial charge is 0.327 e. The molecular weight excluding hydrogens is 357 g/mol. The lowest BCUT2D eigenvalue weighted by Gasteiger charge is -2.07. The van der Waals surface area contributed by atoms with Crippen LogP contribution in [0, 0.1) is 0 Å². The number of rotatable bonds is 6. The number of benzene rings is 2. The lowest BCUT2D eigenvalue weighted by Crippen LogP contribution is -2.18. The second-order valence-corrected chi connectivity index (χ2v) is 7.43. The summed E-state index contributed by atoms with van der Waals surface area (Å²) in [6, 6.07) is 11.9.